The molecule has 1 aliphatic carbocycles. The minimum atomic E-state index is 0.945. The summed E-state index contributed by atoms with van der Waals surface area (Å²) < 4.78 is 5.47. The minimum Gasteiger partial charge on any atom is -0.496 e. The molecule has 0 amide bonds. The summed E-state index contributed by atoms with van der Waals surface area (Å²) in [5, 5.41) is 0. The Morgan fingerprint density at radius 1 is 0.889 bits per heavy atom. The molecule has 2 aromatic carbocycles. The number of para-hydroxylation sites is 1. The Balaban J connectivity index is 2.15. The standard InChI is InChI=1S/C17H16O/c1-18-17-12-5-4-10-16(17)15-11-6-8-13-7-2-3-9-14(13)15/h2-5,7,9-12H,6,8H2,1H3. The Bertz CT molecular complexity index is 596. The molecule has 0 aromatic heterocycles. The molecule has 0 saturated heterocycles. The lowest BCUT2D eigenvalue weighted by Gasteiger charge is -2.19. The van der Waals surface area contributed by atoms with Crippen molar-refractivity contribution >= 4 is 5.57 Å². The van der Waals surface area contributed by atoms with Crippen molar-refractivity contribution in [2.45, 2.75) is 12.8 Å². The zero-order chi connectivity index (χ0) is 12.4. The number of ether oxygens (including phenoxy) is 1. The van der Waals surface area contributed by atoms with Gasteiger partial charge in [-0.25, -0.2) is 0 Å². The van der Waals surface area contributed by atoms with Gasteiger partial charge in [-0.3, -0.25) is 0 Å². The van der Waals surface area contributed by atoms with E-state index in [9.17, 15) is 0 Å². The number of hydrogen-bond acceptors (Lipinski definition) is 1. The first-order chi connectivity index (χ1) is 8.90. The summed E-state index contributed by atoms with van der Waals surface area (Å²) in [6, 6.07) is 16.9. The molecule has 0 heterocycles. The quantitative estimate of drug-likeness (QED) is 0.763. The van der Waals surface area contributed by atoms with Crippen molar-refractivity contribution in [3.05, 3.63) is 71.3 Å². The van der Waals surface area contributed by atoms with Crippen LogP contribution in [0.3, 0.4) is 0 Å². The highest BCUT2D eigenvalue weighted by Gasteiger charge is 2.15. The highest BCUT2D eigenvalue weighted by molar-refractivity contribution is 5.85. The molecule has 0 fully saturated rings. The number of hydrogen-bond donors (Lipinski definition) is 0. The third kappa shape index (κ3) is 1.82. The van der Waals surface area contributed by atoms with Crippen LogP contribution in [0.5, 0.6) is 5.75 Å². The van der Waals surface area contributed by atoms with Crippen molar-refractivity contribution in [3.63, 3.8) is 0 Å². The fraction of sp³-hybridized carbons (Fsp3) is 0.176. The van der Waals surface area contributed by atoms with E-state index in [1.54, 1.807) is 7.11 Å². The molecule has 2 aromatic rings. The third-order valence-electron chi connectivity index (χ3n) is 3.47. The molecule has 0 aliphatic heterocycles. The molecule has 0 N–H and O–H groups in total. The van der Waals surface area contributed by atoms with Gasteiger partial charge in [0, 0.05) is 5.56 Å². The van der Waals surface area contributed by atoms with Gasteiger partial charge in [-0.15, -0.1) is 0 Å². The van der Waals surface area contributed by atoms with Crippen LogP contribution in [0.2, 0.25) is 0 Å². The van der Waals surface area contributed by atoms with Crippen LogP contribution in [-0.2, 0) is 6.42 Å². The maximum Gasteiger partial charge on any atom is 0.126 e. The molecule has 0 spiro atoms. The molecule has 1 aliphatic rings. The topological polar surface area (TPSA) is 9.23 Å². The Morgan fingerprint density at radius 3 is 2.44 bits per heavy atom. The van der Waals surface area contributed by atoms with Crippen molar-refractivity contribution in [2.24, 2.45) is 0 Å². The molecule has 0 atom stereocenters. The average molecular weight is 236 g/mol. The van der Waals surface area contributed by atoms with Crippen molar-refractivity contribution < 1.29 is 4.74 Å². The van der Waals surface area contributed by atoms with Gasteiger partial charge in [0.1, 0.15) is 5.75 Å². The summed E-state index contributed by atoms with van der Waals surface area (Å²) in [5.41, 5.74) is 5.26. The number of rotatable bonds is 2. The number of benzene rings is 2. The van der Waals surface area contributed by atoms with Crippen LogP contribution in [0.25, 0.3) is 5.57 Å². The van der Waals surface area contributed by atoms with Gasteiger partial charge in [-0.05, 0) is 35.6 Å². The van der Waals surface area contributed by atoms with Crippen LogP contribution >= 0.6 is 0 Å². The SMILES string of the molecule is COc1ccccc1C1=CCCc2ccccc21. The van der Waals surface area contributed by atoms with Crippen LogP contribution in [-0.4, -0.2) is 7.11 Å². The van der Waals surface area contributed by atoms with Gasteiger partial charge in [-0.2, -0.15) is 0 Å². The molecule has 18 heavy (non-hydrogen) atoms. The first-order valence-electron chi connectivity index (χ1n) is 6.32. The number of aryl methyl sites for hydroxylation is 1. The van der Waals surface area contributed by atoms with E-state index >= 15 is 0 Å². The van der Waals surface area contributed by atoms with E-state index in [0.29, 0.717) is 0 Å². The van der Waals surface area contributed by atoms with Crippen LogP contribution in [0, 0.1) is 0 Å². The van der Waals surface area contributed by atoms with Crippen molar-refractivity contribution in [2.75, 3.05) is 7.11 Å². The molecule has 90 valence electrons. The molecule has 0 radical (unpaired) electrons. The van der Waals surface area contributed by atoms with Gasteiger partial charge >= 0.3 is 0 Å². The van der Waals surface area contributed by atoms with E-state index < -0.39 is 0 Å². The predicted molar refractivity (Wildman–Crippen MR) is 74.8 cm³/mol. The predicted octanol–water partition coefficient (Wildman–Crippen LogP) is 4.07. The van der Waals surface area contributed by atoms with Crippen LogP contribution in [0.1, 0.15) is 23.1 Å². The molecule has 3 rings (SSSR count). The Morgan fingerprint density at radius 2 is 1.61 bits per heavy atom. The van der Waals surface area contributed by atoms with Gasteiger partial charge in [0.25, 0.3) is 0 Å². The second kappa shape index (κ2) is 4.69. The van der Waals surface area contributed by atoms with Gasteiger partial charge < -0.3 is 4.74 Å². The Labute approximate surface area is 108 Å². The van der Waals surface area contributed by atoms with Crippen molar-refractivity contribution in [1.29, 1.82) is 0 Å². The van der Waals surface area contributed by atoms with E-state index in [1.807, 2.05) is 12.1 Å². The molecular weight excluding hydrogens is 220 g/mol. The van der Waals surface area contributed by atoms with E-state index in [2.05, 4.69) is 42.5 Å². The second-order valence-corrected chi connectivity index (χ2v) is 4.51. The van der Waals surface area contributed by atoms with E-state index in [4.69, 9.17) is 4.74 Å². The highest BCUT2D eigenvalue weighted by Crippen LogP contribution is 2.35. The molecule has 0 unspecified atom stereocenters. The maximum atomic E-state index is 5.47. The summed E-state index contributed by atoms with van der Waals surface area (Å²) in [6.45, 7) is 0. The maximum absolute atomic E-state index is 5.47. The summed E-state index contributed by atoms with van der Waals surface area (Å²) in [5.74, 6) is 0.945. The zero-order valence-corrected chi connectivity index (χ0v) is 10.5. The first-order valence-corrected chi connectivity index (χ1v) is 6.32. The number of fused-ring (bicyclic) bond motifs is 1. The zero-order valence-electron chi connectivity index (χ0n) is 10.5. The van der Waals surface area contributed by atoms with Gasteiger partial charge in [0.05, 0.1) is 7.11 Å². The lowest BCUT2D eigenvalue weighted by atomic mass is 9.87. The lowest BCUT2D eigenvalue weighted by Crippen LogP contribution is -2.01. The average Bonchev–Trinajstić information content (AvgIpc) is 2.46. The van der Waals surface area contributed by atoms with Gasteiger partial charge in [0.2, 0.25) is 0 Å². The molecular formula is C17H16O. The van der Waals surface area contributed by atoms with E-state index in [1.165, 1.54) is 22.3 Å². The summed E-state index contributed by atoms with van der Waals surface area (Å²) >= 11 is 0. The molecule has 1 nitrogen and oxygen atoms in total. The number of allylic oxidation sites excluding steroid dienone is 1. The minimum absolute atomic E-state index is 0.945. The highest BCUT2D eigenvalue weighted by atomic mass is 16.5. The third-order valence-corrected chi connectivity index (χ3v) is 3.47. The second-order valence-electron chi connectivity index (χ2n) is 4.51. The first kappa shape index (κ1) is 11.1. The fourth-order valence-electron chi connectivity index (χ4n) is 2.61. The summed E-state index contributed by atoms with van der Waals surface area (Å²) in [7, 11) is 1.73. The van der Waals surface area contributed by atoms with E-state index in [-0.39, 0.29) is 0 Å². The number of methoxy groups -OCH3 is 1. The lowest BCUT2D eigenvalue weighted by molar-refractivity contribution is 0.413. The van der Waals surface area contributed by atoms with Gasteiger partial charge in [0.15, 0.2) is 0 Å². The van der Waals surface area contributed by atoms with Crippen LogP contribution in [0.4, 0.5) is 0 Å². The smallest absolute Gasteiger partial charge is 0.126 e. The normalized spacial score (nSPS) is 13.7. The van der Waals surface area contributed by atoms with Crippen molar-refractivity contribution in [3.8, 4) is 5.75 Å². The monoisotopic (exact) mass is 236 g/mol. The van der Waals surface area contributed by atoms with Crippen LogP contribution < -0.4 is 4.74 Å². The Kier molecular flexibility index (Phi) is 2.89. The fourth-order valence-corrected chi connectivity index (χ4v) is 2.61. The Hall–Kier alpha value is -2.02. The molecule has 1 heteroatoms. The summed E-state index contributed by atoms with van der Waals surface area (Å²) in [6.07, 6.45) is 4.55. The van der Waals surface area contributed by atoms with Gasteiger partial charge in [-0.1, -0.05) is 48.5 Å². The largest absolute Gasteiger partial charge is 0.496 e. The van der Waals surface area contributed by atoms with Crippen molar-refractivity contribution in [1.82, 2.24) is 0 Å². The van der Waals surface area contributed by atoms with Crippen LogP contribution in [0.15, 0.2) is 54.6 Å². The van der Waals surface area contributed by atoms with E-state index in [0.717, 1.165) is 18.6 Å². The molecule has 0 bridgehead atoms. The molecule has 0 saturated carbocycles. The summed E-state index contributed by atoms with van der Waals surface area (Å²) in [4.78, 5) is 0.